The predicted molar refractivity (Wildman–Crippen MR) is 200 cm³/mol. The molecule has 52 heavy (non-hydrogen) atoms. The number of ether oxygens (including phenoxy) is 1. The number of aromatic nitrogens is 1. The molecular weight excluding hydrogens is 709 g/mol. The molecule has 1 unspecified atom stereocenters. The number of imide groups is 1. The Balaban J connectivity index is 1.15. The molecule has 0 aromatic carbocycles. The van der Waals surface area contributed by atoms with Crippen molar-refractivity contribution in [2.75, 3.05) is 45.1 Å². The van der Waals surface area contributed by atoms with Crippen LogP contribution in [0.3, 0.4) is 0 Å². The van der Waals surface area contributed by atoms with E-state index >= 15 is 0 Å². The van der Waals surface area contributed by atoms with E-state index in [2.05, 4.69) is 22.9 Å². The van der Waals surface area contributed by atoms with Crippen LogP contribution in [0.4, 0.5) is 4.79 Å². The lowest BCUT2D eigenvalue weighted by molar-refractivity contribution is -0.138. The lowest BCUT2D eigenvalue weighted by atomic mass is 9.87. The van der Waals surface area contributed by atoms with Crippen molar-refractivity contribution < 1.29 is 38.3 Å². The second-order valence-corrected chi connectivity index (χ2v) is 15.9. The number of urea groups is 1. The molecule has 3 rings (SSSR count). The molecule has 2 atom stereocenters. The van der Waals surface area contributed by atoms with Crippen molar-refractivity contribution in [3.8, 4) is 0 Å². The number of amides is 6. The number of unbranched alkanes of at least 4 members (excludes halogenated alkanes) is 4. The number of carbonyl (C=O) groups is 7. The molecule has 0 bridgehead atoms. The van der Waals surface area contributed by atoms with Crippen LogP contribution in [0.2, 0.25) is 0 Å². The summed E-state index contributed by atoms with van der Waals surface area (Å²) in [4.78, 5) is 91.4. The van der Waals surface area contributed by atoms with Crippen molar-refractivity contribution in [2.45, 2.75) is 115 Å². The summed E-state index contributed by atoms with van der Waals surface area (Å²) in [6.07, 6.45) is 11.1. The van der Waals surface area contributed by atoms with Gasteiger partial charge in [0.05, 0.1) is 37.1 Å². The Hall–Kier alpha value is -3.37. The van der Waals surface area contributed by atoms with Crippen molar-refractivity contribution >= 4 is 64.3 Å². The van der Waals surface area contributed by atoms with Crippen LogP contribution >= 0.6 is 23.1 Å². The summed E-state index contributed by atoms with van der Waals surface area (Å²) in [5, 5.41) is 8.52. The van der Waals surface area contributed by atoms with Crippen LogP contribution in [0.5, 0.6) is 0 Å². The molecule has 1 saturated heterocycles. The molecule has 14 nitrogen and oxygen atoms in total. The summed E-state index contributed by atoms with van der Waals surface area (Å²) in [6, 6.07) is -0.359. The van der Waals surface area contributed by atoms with Gasteiger partial charge in [-0.05, 0) is 43.8 Å². The van der Waals surface area contributed by atoms with Gasteiger partial charge in [0.1, 0.15) is 10.8 Å². The highest BCUT2D eigenvalue weighted by Gasteiger charge is 2.38. The number of nitrogens with two attached hydrogens (primary N) is 1. The van der Waals surface area contributed by atoms with Gasteiger partial charge in [-0.1, -0.05) is 39.0 Å². The lowest BCUT2D eigenvalue weighted by Crippen LogP contribution is -2.39. The third kappa shape index (κ3) is 16.5. The van der Waals surface area contributed by atoms with Gasteiger partial charge in [0.25, 0.3) is 0 Å². The zero-order valence-corrected chi connectivity index (χ0v) is 32.1. The van der Waals surface area contributed by atoms with Crippen LogP contribution < -0.4 is 21.7 Å². The molecule has 0 radical (unpaired) electrons. The molecule has 16 heteroatoms. The van der Waals surface area contributed by atoms with Crippen molar-refractivity contribution in [2.24, 2.45) is 11.7 Å². The van der Waals surface area contributed by atoms with Gasteiger partial charge >= 0.3 is 6.03 Å². The van der Waals surface area contributed by atoms with E-state index < -0.39 is 11.2 Å². The van der Waals surface area contributed by atoms with Crippen molar-refractivity contribution in [3.63, 3.8) is 0 Å². The highest BCUT2D eigenvalue weighted by atomic mass is 32.2. The van der Waals surface area contributed by atoms with Gasteiger partial charge in [0.2, 0.25) is 23.6 Å². The van der Waals surface area contributed by atoms with E-state index in [0.717, 1.165) is 65.8 Å². The quantitative estimate of drug-likeness (QED) is 0.0761. The molecular formula is C36H56N6O8S2. The van der Waals surface area contributed by atoms with E-state index in [1.165, 1.54) is 42.3 Å². The second kappa shape index (κ2) is 24.0. The van der Waals surface area contributed by atoms with E-state index in [4.69, 9.17) is 15.5 Å². The Labute approximate surface area is 314 Å². The third-order valence-corrected chi connectivity index (χ3v) is 11.4. The first-order valence-electron chi connectivity index (χ1n) is 18.7. The highest BCUT2D eigenvalue weighted by Crippen LogP contribution is 2.32. The van der Waals surface area contributed by atoms with Gasteiger partial charge in [0.15, 0.2) is 5.78 Å². The van der Waals surface area contributed by atoms with E-state index in [9.17, 15) is 33.6 Å². The van der Waals surface area contributed by atoms with E-state index in [1.807, 2.05) is 0 Å². The molecule has 0 saturated carbocycles. The molecule has 1 aromatic heterocycles. The molecule has 0 spiro atoms. The van der Waals surface area contributed by atoms with E-state index in [0.29, 0.717) is 6.54 Å². The SMILES string of the molecule is CCCC[C@H]1CCc2nc(CC(=O)CNC(=O)NCCCCCCSC3CC(=O)N(CCC(=O)NCCOCCC(=O)CCC(N)=O)C3=O)sc2C1. The number of thiazole rings is 1. The Morgan fingerprint density at radius 1 is 0.923 bits per heavy atom. The van der Waals surface area contributed by atoms with Crippen molar-refractivity contribution in [1.29, 1.82) is 0 Å². The van der Waals surface area contributed by atoms with Crippen molar-refractivity contribution in [1.82, 2.24) is 25.8 Å². The predicted octanol–water partition coefficient (Wildman–Crippen LogP) is 3.02. The molecule has 1 aliphatic carbocycles. The minimum atomic E-state index is -0.525. The first-order chi connectivity index (χ1) is 25.0. The van der Waals surface area contributed by atoms with Crippen LogP contribution in [0.1, 0.15) is 106 Å². The number of ketones is 2. The topological polar surface area (TPSA) is 207 Å². The fourth-order valence-electron chi connectivity index (χ4n) is 6.05. The Bertz CT molecular complexity index is 1370. The van der Waals surface area contributed by atoms with Gasteiger partial charge in [-0.3, -0.25) is 33.7 Å². The molecule has 2 aliphatic rings. The largest absolute Gasteiger partial charge is 0.379 e. The van der Waals surface area contributed by atoms with Gasteiger partial charge in [0, 0.05) is 56.6 Å². The Kier molecular flexibility index (Phi) is 19.9. The lowest BCUT2D eigenvalue weighted by Gasteiger charge is -2.20. The van der Waals surface area contributed by atoms with Gasteiger partial charge in [-0.25, -0.2) is 9.78 Å². The van der Waals surface area contributed by atoms with Crippen LogP contribution in [-0.4, -0.2) is 102 Å². The maximum absolute atomic E-state index is 12.7. The first-order valence-corrected chi connectivity index (χ1v) is 20.5. The molecule has 1 aromatic rings. The van der Waals surface area contributed by atoms with Crippen LogP contribution in [0.15, 0.2) is 0 Å². The highest BCUT2D eigenvalue weighted by molar-refractivity contribution is 8.00. The van der Waals surface area contributed by atoms with Gasteiger partial charge in [-0.15, -0.1) is 23.1 Å². The number of aryl methyl sites for hydroxylation is 1. The summed E-state index contributed by atoms with van der Waals surface area (Å²) in [7, 11) is 0. The van der Waals surface area contributed by atoms with E-state index in [1.54, 1.807) is 11.3 Å². The number of rotatable bonds is 27. The number of nitrogens with zero attached hydrogens (tertiary/aromatic N) is 2. The van der Waals surface area contributed by atoms with Crippen LogP contribution in [0.25, 0.3) is 0 Å². The second-order valence-electron chi connectivity index (χ2n) is 13.4. The monoisotopic (exact) mass is 764 g/mol. The number of Topliss-reactive ketones (excluding diaryl/α,β-unsaturated/α-hetero) is 2. The molecule has 5 N–H and O–H groups in total. The first kappa shape index (κ1) is 43.0. The Morgan fingerprint density at radius 2 is 1.73 bits per heavy atom. The molecule has 2 heterocycles. The zero-order valence-electron chi connectivity index (χ0n) is 30.5. The van der Waals surface area contributed by atoms with Crippen molar-refractivity contribution in [3.05, 3.63) is 15.6 Å². The number of primary amides is 1. The number of thioether (sulfide) groups is 1. The maximum atomic E-state index is 12.7. The number of carbonyl (C=O) groups excluding carboxylic acids is 7. The number of hydrogen-bond acceptors (Lipinski definition) is 11. The summed E-state index contributed by atoms with van der Waals surface area (Å²) in [5.74, 6) is -0.0888. The minimum Gasteiger partial charge on any atom is -0.379 e. The van der Waals surface area contributed by atoms with Crippen LogP contribution in [-0.2, 0) is 52.8 Å². The number of likely N-dealkylation sites (tertiary alicyclic amines) is 1. The number of nitrogens with one attached hydrogen (secondary N) is 3. The molecule has 290 valence electrons. The Morgan fingerprint density at radius 3 is 2.52 bits per heavy atom. The normalized spacial score (nSPS) is 16.8. The van der Waals surface area contributed by atoms with Crippen LogP contribution in [0, 0.1) is 5.92 Å². The maximum Gasteiger partial charge on any atom is 0.315 e. The summed E-state index contributed by atoms with van der Waals surface area (Å²) >= 11 is 3.11. The fraction of sp³-hybridized carbons (Fsp3) is 0.722. The fourth-order valence-corrected chi connectivity index (χ4v) is 8.49. The standard InChI is InChI=1S/C36H56N6O8S2/c1-2-3-8-25-9-11-28-29(21-25)52-33(41-28)22-27(44)24-40-36(49)39-15-6-4-5-7-20-51-30-23-34(47)42(35(30)48)17-13-32(46)38-16-19-50-18-14-26(43)10-12-31(37)45/h25,30H,2-24H2,1H3,(H2,37,45)(H,38,46)(H2,39,40,49)/t25-,30?/m0/s1. The summed E-state index contributed by atoms with van der Waals surface area (Å²) in [5.41, 5.74) is 6.17. The number of hydrogen-bond donors (Lipinski definition) is 4. The molecule has 1 fully saturated rings. The smallest absolute Gasteiger partial charge is 0.315 e. The summed E-state index contributed by atoms with van der Waals surface area (Å²) < 4.78 is 5.32. The minimum absolute atomic E-state index is 0.00336. The molecule has 1 aliphatic heterocycles. The van der Waals surface area contributed by atoms with Gasteiger partial charge < -0.3 is 26.4 Å². The average Bonchev–Trinajstić information content (AvgIpc) is 3.64. The molecule has 6 amide bonds. The number of fused-ring (bicyclic) bond motifs is 1. The van der Waals surface area contributed by atoms with Gasteiger partial charge in [-0.2, -0.15) is 0 Å². The average molecular weight is 765 g/mol. The van der Waals surface area contributed by atoms with E-state index in [-0.39, 0.29) is 107 Å². The third-order valence-electron chi connectivity index (χ3n) is 9.03. The zero-order chi connectivity index (χ0) is 37.7. The summed E-state index contributed by atoms with van der Waals surface area (Å²) in [6.45, 7) is 3.34.